The Hall–Kier alpha value is -11.8. The molecule has 0 spiro atoms. The van der Waals surface area contributed by atoms with Gasteiger partial charge in [0.1, 0.15) is 115 Å². The predicted molar refractivity (Wildman–Crippen MR) is 518 cm³/mol. The molecule has 0 bridgehead atoms. The number of carbonyl (C=O) groups excluding carboxylic acids is 21. The Morgan fingerprint density at radius 1 is 0.357 bits per heavy atom. The first-order chi connectivity index (χ1) is 67.1. The molecule has 0 aromatic rings. The van der Waals surface area contributed by atoms with Crippen LogP contribution in [-0.4, -0.2) is 361 Å². The van der Waals surface area contributed by atoms with Gasteiger partial charge in [-0.05, 0) is 141 Å². The molecule has 2 saturated heterocycles. The van der Waals surface area contributed by atoms with Crippen LogP contribution in [0.15, 0.2) is 0 Å². The lowest BCUT2D eigenvalue weighted by molar-refractivity contribution is -0.144. The van der Waals surface area contributed by atoms with Gasteiger partial charge in [-0.25, -0.2) is 4.79 Å². The SMILES string of the molecule is CC[C@H](C)[C@H](NC(=O)[C@H](C)NC(=O)[C@H](CO)NC(=O)[C@H](CC(C)C)NC(=O)[C@H](CCC(=O)O)NC(=O)[C@@H](NC(=O)[C@@H]1CCCN1C(=O)[C@@H](NC(=O)[C@H](CS)NC(=O)[C@H](CS)NC(=O)[C@H](C)NC(=O)[C@H](CCCCN)NC(=O)[C@@H]1CCCN1C(=O)[C@@H](NC(=O)[C@H](CCCCN)NC(=O)[C@H](CO)NC(=O)[C@H](CC(N)=O)NC(=O)[C@@H](NC(=O)[C@H](CO)NC(=O)[C@@H](N)CC(N)=O)C(C)C)[C@@H](C)CC)C(C)C)[C@@H](C)O)C(=O)O. The Morgan fingerprint density at radius 3 is 1.13 bits per heavy atom. The maximum Gasteiger partial charge on any atom is 0.326 e. The van der Waals surface area contributed by atoms with Gasteiger partial charge < -0.3 is 159 Å². The summed E-state index contributed by atoms with van der Waals surface area (Å²) in [6, 6.07) is -31.2. The van der Waals surface area contributed by atoms with Crippen LogP contribution in [-0.2, 0) is 110 Å². The van der Waals surface area contributed by atoms with Gasteiger partial charge in [0.25, 0.3) is 0 Å². The van der Waals surface area contributed by atoms with Gasteiger partial charge >= 0.3 is 11.9 Å². The van der Waals surface area contributed by atoms with Crippen molar-refractivity contribution in [1.29, 1.82) is 0 Å². The van der Waals surface area contributed by atoms with E-state index in [9.17, 15) is 141 Å². The number of aliphatic carboxylic acids is 2. The van der Waals surface area contributed by atoms with Crippen molar-refractivity contribution < 1.29 is 141 Å². The number of hydrogen-bond donors (Lipinski definition) is 30. The molecule has 2 aliphatic heterocycles. The van der Waals surface area contributed by atoms with Crippen molar-refractivity contribution in [2.24, 2.45) is 58.3 Å². The third-order valence-corrected chi connectivity index (χ3v) is 24.7. The number of nitrogens with one attached hydrogen (secondary N) is 17. The van der Waals surface area contributed by atoms with E-state index in [-0.39, 0.29) is 96.3 Å². The molecule has 53 nitrogen and oxygen atoms in total. The minimum atomic E-state index is -1.91. The minimum Gasteiger partial charge on any atom is -0.481 e. The topological polar surface area (TPSA) is 855 Å². The summed E-state index contributed by atoms with van der Waals surface area (Å²) < 4.78 is 0. The van der Waals surface area contributed by atoms with E-state index in [1.54, 1.807) is 55.4 Å². The van der Waals surface area contributed by atoms with Gasteiger partial charge in [0, 0.05) is 31.0 Å². The van der Waals surface area contributed by atoms with Crippen molar-refractivity contribution in [3.8, 4) is 0 Å². The Labute approximate surface area is 840 Å². The van der Waals surface area contributed by atoms with Gasteiger partial charge in [-0.2, -0.15) is 25.3 Å². The number of amides is 21. The third-order valence-electron chi connectivity index (χ3n) is 23.9. The molecule has 2 fully saturated rings. The molecule has 810 valence electrons. The molecule has 2 aliphatic rings. The molecule has 55 heteroatoms. The van der Waals surface area contributed by atoms with Crippen LogP contribution < -0.4 is 119 Å². The summed E-state index contributed by atoms with van der Waals surface area (Å²) in [5.74, 6) is -28.1. The molecule has 0 radical (unpaired) electrons. The summed E-state index contributed by atoms with van der Waals surface area (Å²) in [5, 5.41) is 102. The molecule has 0 saturated carbocycles. The second-order valence-corrected chi connectivity index (χ2v) is 37.4. The number of carboxylic acid groups (broad SMARTS) is 2. The number of rotatable bonds is 66. The van der Waals surface area contributed by atoms with Crippen LogP contribution in [0.1, 0.15) is 199 Å². The molecule has 0 aromatic carbocycles. The molecule has 0 aromatic heterocycles. The lowest BCUT2D eigenvalue weighted by atomic mass is 9.96. The van der Waals surface area contributed by atoms with Crippen LogP contribution in [0.4, 0.5) is 0 Å². The Bertz CT molecular complexity index is 4370. The monoisotopic (exact) mass is 2070 g/mol. The van der Waals surface area contributed by atoms with Gasteiger partial charge in [-0.15, -0.1) is 0 Å². The molecule has 0 unspecified atom stereocenters. The molecule has 2 heterocycles. The fourth-order valence-corrected chi connectivity index (χ4v) is 15.5. The Balaban J connectivity index is 2.32. The average molecular weight is 2070 g/mol. The molecule has 21 amide bonds. The fourth-order valence-electron chi connectivity index (χ4n) is 15.0. The van der Waals surface area contributed by atoms with E-state index < -0.39 is 344 Å². The number of nitrogens with two attached hydrogens (primary N) is 5. The standard InChI is InChI=1S/C88H152N24O29S2/c1-14-43(9)66(108-74(126)50(23-17-19-29-90)96-78(130)55(36-114)103-76(128)53(34-62(93)118)100-84(136)64(41(5)6)106-79(131)56(37-115)101-71(123)48(91)33-61(92)117)87(139)112-31-20-24-59(112)82(134)97-49(22-16-18-28-89)72(124)94-45(11)69(121)104-57(38-142)80(132)105-58(39-143)81(133)107-65(42(7)8)86(138)111-30-21-25-60(111)83(135)110-68(47(13)116)85(137)98-51(26-27-63(119)120)73(125)99-52(32-40(3)4)75(127)102-54(35-113)77(129)95-46(12)70(122)109-67(88(140)141)44(10)15-2/h40-60,64-68,113-116,142-143H,14-39,89-91H2,1-13H3,(H2,92,117)(H2,93,118)(H,94,124)(H,95,129)(H,96,130)(H,97,134)(H,98,137)(H,99,125)(H,100,136)(H,101,123)(H,102,127)(H,103,128)(H,104,121)(H,105,132)(H,106,131)(H,107,133)(H,108,126)(H,109,122)(H,110,135)(H,119,120)(H,140,141)/t43-,44-,45-,46-,47+,48-,49-,50-,51-,52-,53-,54-,55-,56-,57-,58-,59-,60-,64-,65-,66-,67-,68-/m0/s1. The number of carboxylic acids is 2. The first-order valence-corrected chi connectivity index (χ1v) is 49.0. The maximum atomic E-state index is 14.9. The highest BCUT2D eigenvalue weighted by atomic mass is 32.1. The number of thiol groups is 2. The molecule has 23 atom stereocenters. The first-order valence-electron chi connectivity index (χ1n) is 47.8. The predicted octanol–water partition coefficient (Wildman–Crippen LogP) is -10.8. The molecular weight excluding hydrogens is 1920 g/mol. The summed E-state index contributed by atoms with van der Waals surface area (Å²) >= 11 is 8.54. The molecule has 33 N–H and O–H groups in total. The van der Waals surface area contributed by atoms with Gasteiger partial charge in [0.2, 0.25) is 124 Å². The number of unbranched alkanes of at least 4 members (excludes halogenated alkanes) is 2. The Morgan fingerprint density at radius 2 is 0.685 bits per heavy atom. The van der Waals surface area contributed by atoms with E-state index in [4.69, 9.17) is 28.7 Å². The summed E-state index contributed by atoms with van der Waals surface area (Å²) in [4.78, 5) is 315. The van der Waals surface area contributed by atoms with Crippen LogP contribution in [0.3, 0.4) is 0 Å². The van der Waals surface area contributed by atoms with E-state index in [0.717, 1.165) is 11.8 Å². The van der Waals surface area contributed by atoms with Crippen LogP contribution in [0.5, 0.6) is 0 Å². The third kappa shape index (κ3) is 42.2. The van der Waals surface area contributed by atoms with Gasteiger partial charge in [0.15, 0.2) is 0 Å². The maximum absolute atomic E-state index is 14.9. The van der Waals surface area contributed by atoms with E-state index in [1.165, 1.54) is 32.6 Å². The van der Waals surface area contributed by atoms with Crippen LogP contribution in [0.25, 0.3) is 0 Å². The smallest absolute Gasteiger partial charge is 0.326 e. The zero-order valence-electron chi connectivity index (χ0n) is 83.1. The van der Waals surface area contributed by atoms with Crippen molar-refractivity contribution in [3.63, 3.8) is 0 Å². The zero-order chi connectivity index (χ0) is 109. The molecule has 0 aliphatic carbocycles. The van der Waals surface area contributed by atoms with Crippen LogP contribution in [0.2, 0.25) is 0 Å². The molecular formula is C88H152N24O29S2. The van der Waals surface area contributed by atoms with Crippen LogP contribution in [0, 0.1) is 29.6 Å². The van der Waals surface area contributed by atoms with E-state index in [0.29, 0.717) is 19.3 Å². The summed E-state index contributed by atoms with van der Waals surface area (Å²) in [6.45, 7) is 16.5. The summed E-state index contributed by atoms with van der Waals surface area (Å²) in [6.07, 6.45) is -2.78. The van der Waals surface area contributed by atoms with Gasteiger partial charge in [0.05, 0.1) is 44.8 Å². The van der Waals surface area contributed by atoms with E-state index in [1.807, 2.05) is 0 Å². The number of hydrogen-bond acceptors (Lipinski definition) is 32. The quantitative estimate of drug-likeness (QED) is 0.0199. The Kier molecular flexibility index (Phi) is 57.0. The van der Waals surface area contributed by atoms with E-state index >= 15 is 0 Å². The number of likely N-dealkylation sites (tertiary alicyclic amines) is 2. The van der Waals surface area contributed by atoms with Crippen molar-refractivity contribution >= 4 is 161 Å². The highest BCUT2D eigenvalue weighted by Gasteiger charge is 2.46. The lowest BCUT2D eigenvalue weighted by Crippen LogP contribution is -2.62. The highest BCUT2D eigenvalue weighted by Crippen LogP contribution is 2.25. The van der Waals surface area contributed by atoms with Crippen molar-refractivity contribution in [3.05, 3.63) is 0 Å². The second kappa shape index (κ2) is 64.1. The minimum absolute atomic E-state index is 0.0232. The number of primary amides is 2. The number of nitrogens with zero attached hydrogens (tertiary/aromatic N) is 2. The molecule has 2 rings (SSSR count). The lowest BCUT2D eigenvalue weighted by Gasteiger charge is -2.33. The molecule has 143 heavy (non-hydrogen) atoms. The second-order valence-electron chi connectivity index (χ2n) is 36.7. The summed E-state index contributed by atoms with van der Waals surface area (Å²) in [7, 11) is 0. The fraction of sp³-hybridized carbons (Fsp3) is 0.739. The van der Waals surface area contributed by atoms with Crippen LogP contribution >= 0.6 is 25.3 Å². The number of carbonyl (C=O) groups is 23. The summed E-state index contributed by atoms with van der Waals surface area (Å²) in [5.41, 5.74) is 27.8. The van der Waals surface area contributed by atoms with Crippen molar-refractivity contribution in [2.45, 2.75) is 326 Å². The first kappa shape index (κ1) is 127. The van der Waals surface area contributed by atoms with Gasteiger partial charge in [-0.3, -0.25) is 105 Å². The normalized spacial score (nSPS) is 17.9. The van der Waals surface area contributed by atoms with E-state index in [2.05, 4.69) is 116 Å². The van der Waals surface area contributed by atoms with Gasteiger partial charge in [-0.1, -0.05) is 82.1 Å². The highest BCUT2D eigenvalue weighted by molar-refractivity contribution is 7.80. The largest absolute Gasteiger partial charge is 0.481 e. The van der Waals surface area contributed by atoms with Crippen molar-refractivity contribution in [1.82, 2.24) is 100 Å². The number of aliphatic hydroxyl groups excluding tert-OH is 4. The zero-order valence-corrected chi connectivity index (χ0v) is 84.9. The number of aliphatic hydroxyl groups is 4. The average Bonchev–Trinajstić information content (AvgIpc) is 1.70. The van der Waals surface area contributed by atoms with Crippen molar-refractivity contribution in [2.75, 3.05) is 57.5 Å².